The lowest BCUT2D eigenvalue weighted by Gasteiger charge is -2.23. The van der Waals surface area contributed by atoms with Crippen molar-refractivity contribution in [2.45, 2.75) is 195 Å². The minimum absolute atomic E-state index is 0.0449. The zero-order chi connectivity index (χ0) is 41.8. The molecule has 0 spiro atoms. The summed E-state index contributed by atoms with van der Waals surface area (Å²) in [5.74, 6) is 1.81. The molecule has 0 fully saturated rings. The molecule has 4 rings (SSSR count). The van der Waals surface area contributed by atoms with E-state index >= 15 is 0 Å². The molecule has 0 aliphatic heterocycles. The fraction of sp³-hybridized carbons (Fsp3) is 0.630. The Morgan fingerprint density at radius 3 is 1.04 bits per heavy atom. The van der Waals surface area contributed by atoms with E-state index in [9.17, 15) is 0 Å². The van der Waals surface area contributed by atoms with Gasteiger partial charge in [-0.3, -0.25) is 4.98 Å². The molecule has 0 N–H and O–H groups in total. The molecule has 0 saturated heterocycles. The van der Waals surface area contributed by atoms with Crippen molar-refractivity contribution >= 4 is 0 Å². The maximum atomic E-state index is 4.70. The Hall–Kier alpha value is -3.61. The van der Waals surface area contributed by atoms with Crippen LogP contribution in [0.15, 0.2) is 0 Å². The Morgan fingerprint density at radius 1 is 0.264 bits per heavy atom. The predicted octanol–water partition coefficient (Wildman–Crippen LogP) is 11.7. The molecule has 4 heterocycles. The molecule has 0 radical (unpaired) electrons. The first-order valence-corrected chi connectivity index (χ1v) is 19.1. The van der Waals surface area contributed by atoms with E-state index < -0.39 is 0 Å². The number of pyridine rings is 1. The van der Waals surface area contributed by atoms with Crippen LogP contribution in [0.25, 0.3) is 0 Å². The van der Waals surface area contributed by atoms with Crippen LogP contribution in [0, 0.1) is 90.0 Å². The van der Waals surface area contributed by atoms with Gasteiger partial charge in [-0.05, 0) is 129 Å². The van der Waals surface area contributed by atoms with E-state index in [2.05, 4.69) is 169 Å². The smallest absolute Gasteiger partial charge is 0.134 e. The molecule has 4 aromatic rings. The van der Waals surface area contributed by atoms with E-state index in [1.54, 1.807) is 0 Å². The molecule has 0 unspecified atom stereocenters. The van der Waals surface area contributed by atoms with Gasteiger partial charge in [0.1, 0.15) is 11.6 Å². The Bertz CT molecular complexity index is 1850. The fourth-order valence-electron chi connectivity index (χ4n) is 5.84. The highest BCUT2D eigenvalue weighted by atomic mass is 15.1. The maximum Gasteiger partial charge on any atom is 0.134 e. The average Bonchev–Trinajstić information content (AvgIpc) is 2.99. The van der Waals surface area contributed by atoms with Crippen molar-refractivity contribution in [3.63, 3.8) is 0 Å². The molecule has 0 aliphatic carbocycles. The van der Waals surface area contributed by atoms with Crippen LogP contribution >= 0.6 is 0 Å². The van der Waals surface area contributed by atoms with Crippen molar-refractivity contribution in [3.8, 4) is 0 Å². The summed E-state index contributed by atoms with van der Waals surface area (Å²) in [6, 6.07) is 0. The molecule has 0 amide bonds. The lowest BCUT2D eigenvalue weighted by atomic mass is 9.86. The van der Waals surface area contributed by atoms with Crippen LogP contribution in [0.1, 0.15) is 179 Å². The summed E-state index contributed by atoms with van der Waals surface area (Å²) in [5, 5.41) is 8.42. The number of hydrogen-bond donors (Lipinski definition) is 0. The molecule has 0 aromatic carbocycles. The molecule has 0 atom stereocenters. The van der Waals surface area contributed by atoms with Crippen molar-refractivity contribution in [1.29, 1.82) is 0 Å². The van der Waals surface area contributed by atoms with Crippen LogP contribution in [-0.2, 0) is 21.7 Å². The lowest BCUT2D eigenvalue weighted by molar-refractivity contribution is 0.539. The number of hydrogen-bond acceptors (Lipinski definition) is 7. The highest BCUT2D eigenvalue weighted by molar-refractivity contribution is 5.40. The highest BCUT2D eigenvalue weighted by Gasteiger charge is 2.22. The summed E-state index contributed by atoms with van der Waals surface area (Å²) in [6.45, 7) is 53.2. The van der Waals surface area contributed by atoms with E-state index in [1.807, 2.05) is 34.6 Å². The van der Waals surface area contributed by atoms with Gasteiger partial charge in [0.2, 0.25) is 0 Å². The summed E-state index contributed by atoms with van der Waals surface area (Å²) in [4.78, 5) is 22.5. The number of aryl methyl sites for hydroxylation is 6. The van der Waals surface area contributed by atoms with Gasteiger partial charge >= 0.3 is 0 Å². The van der Waals surface area contributed by atoms with Gasteiger partial charge < -0.3 is 0 Å². The van der Waals surface area contributed by atoms with Crippen LogP contribution in [0.2, 0.25) is 0 Å². The van der Waals surface area contributed by atoms with E-state index in [-0.39, 0.29) is 21.7 Å². The first-order valence-electron chi connectivity index (χ1n) is 19.1. The monoisotopic (exact) mass is 726 g/mol. The zero-order valence-corrected chi connectivity index (χ0v) is 38.6. The minimum atomic E-state index is 0.0449. The summed E-state index contributed by atoms with van der Waals surface area (Å²) < 4.78 is 0. The first kappa shape index (κ1) is 47.4. The van der Waals surface area contributed by atoms with Crippen molar-refractivity contribution in [2.75, 3.05) is 0 Å². The maximum absolute atomic E-state index is 4.70. The summed E-state index contributed by atoms with van der Waals surface area (Å²) in [6.07, 6.45) is 0. The van der Waals surface area contributed by atoms with Crippen LogP contribution in [0.5, 0.6) is 0 Å². The van der Waals surface area contributed by atoms with Gasteiger partial charge in [0, 0.05) is 50.1 Å². The zero-order valence-electron chi connectivity index (χ0n) is 38.6. The van der Waals surface area contributed by atoms with Crippen LogP contribution in [0.4, 0.5) is 0 Å². The molecule has 0 saturated carbocycles. The third kappa shape index (κ3) is 13.0. The van der Waals surface area contributed by atoms with Gasteiger partial charge in [-0.25, -0.2) is 19.9 Å². The molecular formula is C46H75N7. The SMILES string of the molecule is Cc1nc(C(C)(C)C)c(C)c(C)c1C.Cc1nc(C(C)(C)C)nc(C)c1C.Cc1nc(C)c(C)c(C(C)(C)C)n1.Cc1nnc(C(C)(C)C)c(C)c1C. The fourth-order valence-corrected chi connectivity index (χ4v) is 5.84. The second-order valence-corrected chi connectivity index (χ2v) is 19.0. The number of nitrogens with zero attached hydrogens (tertiary/aromatic N) is 7. The molecule has 53 heavy (non-hydrogen) atoms. The van der Waals surface area contributed by atoms with Gasteiger partial charge in [0.15, 0.2) is 0 Å². The highest BCUT2D eigenvalue weighted by Crippen LogP contribution is 2.29. The van der Waals surface area contributed by atoms with E-state index in [0.717, 1.165) is 51.5 Å². The Balaban J connectivity index is 0.000000354. The van der Waals surface area contributed by atoms with Crippen LogP contribution in [0.3, 0.4) is 0 Å². The Labute approximate surface area is 325 Å². The molecule has 0 aliphatic rings. The average molecular weight is 726 g/mol. The Kier molecular flexibility index (Phi) is 15.8. The van der Waals surface area contributed by atoms with Crippen LogP contribution in [-0.4, -0.2) is 35.1 Å². The van der Waals surface area contributed by atoms with Gasteiger partial charge in [-0.1, -0.05) is 83.1 Å². The standard InChI is InChI=1S/C13H21N.3C11H18N2/c1-8-9(2)11(4)14-12(10(8)3)13(5,6)7;1-7-8(2)12-9(3)13-10(7)11(4,5)6;1-7-8(2)12-10(11(4,5)6)13-9(7)3;1-7-8(2)10(11(4,5)6)13-12-9(7)3/h1-7H3;3*1-6H3. The van der Waals surface area contributed by atoms with Crippen LogP contribution < -0.4 is 0 Å². The number of aromatic nitrogens is 7. The third-order valence-corrected chi connectivity index (χ3v) is 10.00. The minimum Gasteiger partial charge on any atom is -0.257 e. The third-order valence-electron chi connectivity index (χ3n) is 10.00. The quantitative estimate of drug-likeness (QED) is 0.178. The van der Waals surface area contributed by atoms with Gasteiger partial charge in [-0.15, -0.1) is 0 Å². The van der Waals surface area contributed by atoms with E-state index in [1.165, 1.54) is 44.6 Å². The van der Waals surface area contributed by atoms with E-state index in [0.29, 0.717) is 0 Å². The lowest BCUT2D eigenvalue weighted by Crippen LogP contribution is -2.18. The molecule has 0 bridgehead atoms. The van der Waals surface area contributed by atoms with Crippen molar-refractivity contribution in [2.24, 2.45) is 0 Å². The molecule has 4 aromatic heterocycles. The largest absolute Gasteiger partial charge is 0.257 e. The van der Waals surface area contributed by atoms with Gasteiger partial charge in [-0.2, -0.15) is 10.2 Å². The predicted molar refractivity (Wildman–Crippen MR) is 227 cm³/mol. The summed E-state index contributed by atoms with van der Waals surface area (Å²) in [7, 11) is 0. The summed E-state index contributed by atoms with van der Waals surface area (Å²) >= 11 is 0. The molecular weight excluding hydrogens is 651 g/mol. The number of rotatable bonds is 0. The van der Waals surface area contributed by atoms with E-state index in [4.69, 9.17) is 4.98 Å². The first-order chi connectivity index (χ1) is 23.7. The molecule has 294 valence electrons. The topological polar surface area (TPSA) is 90.2 Å². The molecule has 7 nitrogen and oxygen atoms in total. The van der Waals surface area contributed by atoms with Crippen molar-refractivity contribution in [3.05, 3.63) is 96.1 Å². The summed E-state index contributed by atoms with van der Waals surface area (Å²) in [5.41, 5.74) is 18.4. The second-order valence-electron chi connectivity index (χ2n) is 19.0. The normalized spacial score (nSPS) is 11.9. The van der Waals surface area contributed by atoms with Gasteiger partial charge in [0.25, 0.3) is 0 Å². The van der Waals surface area contributed by atoms with Gasteiger partial charge in [0.05, 0.1) is 17.1 Å². The second kappa shape index (κ2) is 17.7. The Morgan fingerprint density at radius 2 is 0.623 bits per heavy atom. The molecule has 7 heteroatoms. The van der Waals surface area contributed by atoms with Crippen molar-refractivity contribution < 1.29 is 0 Å². The van der Waals surface area contributed by atoms with Crippen molar-refractivity contribution in [1.82, 2.24) is 35.1 Å².